The SMILES string of the molecule is CCc1cc([C@@H]2CCCN2C(=O)c2cc(-c3ccccc3)on2)on1. The molecule has 1 aliphatic heterocycles. The van der Waals surface area contributed by atoms with E-state index in [-0.39, 0.29) is 11.9 Å². The molecule has 3 heterocycles. The smallest absolute Gasteiger partial charge is 0.276 e. The van der Waals surface area contributed by atoms with Crippen molar-refractivity contribution in [1.82, 2.24) is 15.2 Å². The fourth-order valence-electron chi connectivity index (χ4n) is 3.22. The van der Waals surface area contributed by atoms with Gasteiger partial charge in [-0.25, -0.2) is 0 Å². The van der Waals surface area contributed by atoms with Gasteiger partial charge in [-0.1, -0.05) is 47.6 Å². The number of hydrogen-bond donors (Lipinski definition) is 0. The van der Waals surface area contributed by atoms with E-state index in [4.69, 9.17) is 9.05 Å². The van der Waals surface area contributed by atoms with Gasteiger partial charge in [-0.15, -0.1) is 0 Å². The molecule has 0 N–H and O–H groups in total. The van der Waals surface area contributed by atoms with Crippen LogP contribution in [0.5, 0.6) is 0 Å². The quantitative estimate of drug-likeness (QED) is 0.722. The van der Waals surface area contributed by atoms with Crippen LogP contribution in [-0.2, 0) is 6.42 Å². The molecule has 1 aliphatic rings. The minimum atomic E-state index is -0.136. The van der Waals surface area contributed by atoms with Gasteiger partial charge in [-0.05, 0) is 19.3 Å². The number of likely N-dealkylation sites (tertiary alicyclic amines) is 1. The first kappa shape index (κ1) is 15.6. The van der Waals surface area contributed by atoms with E-state index in [9.17, 15) is 4.79 Å². The van der Waals surface area contributed by atoms with E-state index in [1.165, 1.54) is 0 Å². The molecule has 0 unspecified atom stereocenters. The molecule has 128 valence electrons. The van der Waals surface area contributed by atoms with Crippen LogP contribution in [0.2, 0.25) is 0 Å². The van der Waals surface area contributed by atoms with Gasteiger partial charge in [-0.2, -0.15) is 0 Å². The molecule has 3 aromatic rings. The molecule has 0 aliphatic carbocycles. The summed E-state index contributed by atoms with van der Waals surface area (Å²) in [6, 6.07) is 13.2. The number of carbonyl (C=O) groups excluding carboxylic acids is 1. The maximum atomic E-state index is 12.9. The first-order chi connectivity index (χ1) is 12.3. The standard InChI is InChI=1S/C19H19N3O3/c1-2-14-11-18(25-20-14)16-9-6-10-22(16)19(23)15-12-17(24-21-15)13-7-4-3-5-8-13/h3-5,7-8,11-12,16H,2,6,9-10H2,1H3/t16-/m0/s1. The molecule has 0 saturated carbocycles. The monoisotopic (exact) mass is 337 g/mol. The molecule has 0 bridgehead atoms. The third kappa shape index (κ3) is 2.95. The van der Waals surface area contributed by atoms with Crippen LogP contribution in [0.3, 0.4) is 0 Å². The van der Waals surface area contributed by atoms with Crippen LogP contribution in [0.4, 0.5) is 0 Å². The summed E-state index contributed by atoms with van der Waals surface area (Å²) in [6.45, 7) is 2.71. The molecule has 1 fully saturated rings. The van der Waals surface area contributed by atoms with Gasteiger partial charge in [-0.3, -0.25) is 4.79 Å². The third-order valence-electron chi connectivity index (χ3n) is 4.57. The Morgan fingerprint density at radius 3 is 2.80 bits per heavy atom. The predicted octanol–water partition coefficient (Wildman–Crippen LogP) is 3.87. The van der Waals surface area contributed by atoms with Crippen molar-refractivity contribution in [1.29, 1.82) is 0 Å². The number of aromatic nitrogens is 2. The van der Waals surface area contributed by atoms with Crippen LogP contribution < -0.4 is 0 Å². The van der Waals surface area contributed by atoms with Crippen molar-refractivity contribution in [2.45, 2.75) is 32.2 Å². The second-order valence-electron chi connectivity index (χ2n) is 6.17. The lowest BCUT2D eigenvalue weighted by molar-refractivity contribution is 0.0704. The predicted molar refractivity (Wildman–Crippen MR) is 90.8 cm³/mol. The van der Waals surface area contributed by atoms with Crippen LogP contribution in [0.15, 0.2) is 51.5 Å². The fourth-order valence-corrected chi connectivity index (χ4v) is 3.22. The molecule has 0 radical (unpaired) electrons. The van der Waals surface area contributed by atoms with Gasteiger partial charge in [0.15, 0.2) is 17.2 Å². The molecule has 1 atom stereocenters. The summed E-state index contributed by atoms with van der Waals surface area (Å²) < 4.78 is 10.8. The molecule has 0 spiro atoms. The lowest BCUT2D eigenvalue weighted by Crippen LogP contribution is -2.30. The van der Waals surface area contributed by atoms with Crippen molar-refractivity contribution in [3.8, 4) is 11.3 Å². The number of aryl methyl sites for hydroxylation is 1. The first-order valence-corrected chi connectivity index (χ1v) is 8.55. The molecule has 1 amide bonds. The molecule has 2 aromatic heterocycles. The maximum absolute atomic E-state index is 12.9. The van der Waals surface area contributed by atoms with Crippen LogP contribution in [-0.4, -0.2) is 27.7 Å². The second-order valence-corrected chi connectivity index (χ2v) is 6.17. The number of nitrogens with zero attached hydrogens (tertiary/aromatic N) is 3. The van der Waals surface area contributed by atoms with E-state index >= 15 is 0 Å². The number of hydrogen-bond acceptors (Lipinski definition) is 5. The van der Waals surface area contributed by atoms with E-state index in [1.54, 1.807) is 11.0 Å². The molecular formula is C19H19N3O3. The number of rotatable bonds is 4. The topological polar surface area (TPSA) is 72.4 Å². The Labute approximate surface area is 145 Å². The van der Waals surface area contributed by atoms with E-state index in [0.717, 1.165) is 36.3 Å². The molecule has 1 saturated heterocycles. The third-order valence-corrected chi connectivity index (χ3v) is 4.57. The Hall–Kier alpha value is -2.89. The lowest BCUT2D eigenvalue weighted by atomic mass is 10.1. The Kier molecular flexibility index (Phi) is 4.09. The number of carbonyl (C=O) groups is 1. The zero-order valence-corrected chi connectivity index (χ0v) is 14.0. The van der Waals surface area contributed by atoms with E-state index in [2.05, 4.69) is 10.3 Å². The van der Waals surface area contributed by atoms with Gasteiger partial charge in [0.2, 0.25) is 0 Å². The van der Waals surface area contributed by atoms with E-state index in [0.29, 0.717) is 18.0 Å². The minimum absolute atomic E-state index is 0.0859. The largest absolute Gasteiger partial charge is 0.359 e. The summed E-state index contributed by atoms with van der Waals surface area (Å²) in [5.41, 5.74) is 2.12. The van der Waals surface area contributed by atoms with Crippen molar-refractivity contribution in [3.05, 3.63) is 59.6 Å². The Morgan fingerprint density at radius 2 is 2.04 bits per heavy atom. The van der Waals surface area contributed by atoms with Gasteiger partial charge in [0.25, 0.3) is 5.91 Å². The average Bonchev–Trinajstić information content (AvgIpc) is 3.41. The summed E-state index contributed by atoms with van der Waals surface area (Å²) in [7, 11) is 0. The summed E-state index contributed by atoms with van der Waals surface area (Å²) in [4.78, 5) is 14.7. The average molecular weight is 337 g/mol. The van der Waals surface area contributed by atoms with Crippen LogP contribution in [0, 0.1) is 0 Å². The van der Waals surface area contributed by atoms with Crippen molar-refractivity contribution in [2.24, 2.45) is 0 Å². The van der Waals surface area contributed by atoms with Gasteiger partial charge < -0.3 is 13.9 Å². The molecule has 6 nitrogen and oxygen atoms in total. The highest BCUT2D eigenvalue weighted by atomic mass is 16.5. The van der Waals surface area contributed by atoms with Crippen molar-refractivity contribution in [3.63, 3.8) is 0 Å². The summed E-state index contributed by atoms with van der Waals surface area (Å²) in [5, 5.41) is 8.02. The minimum Gasteiger partial charge on any atom is -0.359 e. The van der Waals surface area contributed by atoms with Crippen LogP contribution >= 0.6 is 0 Å². The zero-order chi connectivity index (χ0) is 17.2. The van der Waals surface area contributed by atoms with Crippen molar-refractivity contribution >= 4 is 5.91 Å². The second kappa shape index (κ2) is 6.55. The van der Waals surface area contributed by atoms with Gasteiger partial charge in [0, 0.05) is 24.2 Å². The van der Waals surface area contributed by atoms with Gasteiger partial charge in [0.1, 0.15) is 0 Å². The van der Waals surface area contributed by atoms with Crippen LogP contribution in [0.1, 0.15) is 47.7 Å². The van der Waals surface area contributed by atoms with Gasteiger partial charge >= 0.3 is 0 Å². The van der Waals surface area contributed by atoms with E-state index < -0.39 is 0 Å². The Bertz CT molecular complexity index is 869. The van der Waals surface area contributed by atoms with Crippen LogP contribution in [0.25, 0.3) is 11.3 Å². The van der Waals surface area contributed by atoms with Crippen molar-refractivity contribution in [2.75, 3.05) is 6.54 Å². The summed E-state index contributed by atoms with van der Waals surface area (Å²) in [5.74, 6) is 1.20. The van der Waals surface area contributed by atoms with Crippen molar-refractivity contribution < 1.29 is 13.8 Å². The number of amides is 1. The zero-order valence-electron chi connectivity index (χ0n) is 14.0. The van der Waals surface area contributed by atoms with Gasteiger partial charge in [0.05, 0.1) is 11.7 Å². The highest BCUT2D eigenvalue weighted by Gasteiger charge is 2.34. The maximum Gasteiger partial charge on any atom is 0.276 e. The summed E-state index contributed by atoms with van der Waals surface area (Å²) in [6.07, 6.45) is 2.61. The molecule has 25 heavy (non-hydrogen) atoms. The molecule has 6 heteroatoms. The summed E-state index contributed by atoms with van der Waals surface area (Å²) >= 11 is 0. The molecule has 4 rings (SSSR count). The highest BCUT2D eigenvalue weighted by molar-refractivity contribution is 5.93. The lowest BCUT2D eigenvalue weighted by Gasteiger charge is -2.21. The highest BCUT2D eigenvalue weighted by Crippen LogP contribution is 2.34. The Morgan fingerprint density at radius 1 is 1.20 bits per heavy atom. The Balaban J connectivity index is 1.57. The molecular weight excluding hydrogens is 318 g/mol. The normalized spacial score (nSPS) is 17.2. The number of benzene rings is 1. The first-order valence-electron chi connectivity index (χ1n) is 8.55. The molecule has 1 aromatic carbocycles. The fraction of sp³-hybridized carbons (Fsp3) is 0.316. The van der Waals surface area contributed by atoms with E-state index in [1.807, 2.05) is 43.3 Å².